The van der Waals surface area contributed by atoms with E-state index in [1.165, 1.54) is 0 Å². The number of hydrogen-bond donors (Lipinski definition) is 1. The summed E-state index contributed by atoms with van der Waals surface area (Å²) in [5.74, 6) is 0.776. The van der Waals surface area contributed by atoms with Crippen molar-refractivity contribution in [1.29, 1.82) is 0 Å². The van der Waals surface area contributed by atoms with Crippen LogP contribution in [0.5, 0.6) is 11.6 Å². The molecule has 1 aromatic heterocycles. The maximum Gasteiger partial charge on any atom is 0.225 e. The van der Waals surface area contributed by atoms with E-state index in [0.717, 1.165) is 0 Å². The average molecular weight is 284 g/mol. The monoisotopic (exact) mass is 283 g/mol. The normalized spacial score (nSPS) is 12.2. The van der Waals surface area contributed by atoms with Crippen LogP contribution in [0.25, 0.3) is 0 Å². The molecule has 0 saturated heterocycles. The molecule has 0 bridgehead atoms. The Balaban J connectivity index is 2.34. The molecule has 0 unspecified atom stereocenters. The van der Waals surface area contributed by atoms with Crippen LogP contribution in [0.3, 0.4) is 0 Å². The van der Waals surface area contributed by atoms with Gasteiger partial charge in [0.1, 0.15) is 5.75 Å². The van der Waals surface area contributed by atoms with E-state index in [1.54, 1.807) is 43.5 Å². The molecular weight excluding hydrogens is 273 g/mol. The van der Waals surface area contributed by atoms with Crippen LogP contribution in [0.1, 0.15) is 18.6 Å². The summed E-state index contributed by atoms with van der Waals surface area (Å²) < 4.78 is 5.59. The third-order valence-corrected chi connectivity index (χ3v) is 2.88. The minimum absolute atomic E-state index is 0.330. The van der Waals surface area contributed by atoms with Gasteiger partial charge in [0.25, 0.3) is 0 Å². The lowest BCUT2D eigenvalue weighted by molar-refractivity contribution is 0.194. The Kier molecular flexibility index (Phi) is 4.07. The Morgan fingerprint density at radius 1 is 1.28 bits per heavy atom. The highest BCUT2D eigenvalue weighted by atomic mass is 35.5. The van der Waals surface area contributed by atoms with Crippen molar-refractivity contribution in [3.05, 3.63) is 52.1 Å². The Morgan fingerprint density at radius 2 is 2.06 bits per heavy atom. The minimum Gasteiger partial charge on any atom is -0.437 e. The molecule has 1 aromatic carbocycles. The molecule has 0 amide bonds. The standard InChI is InChI=1S/C13H11Cl2NO2/c1-8(17)10-3-2-6-16-13(10)18-12-5-4-9(14)7-11(12)15/h2-8,17H,1H3/t8-/m0/s1. The van der Waals surface area contributed by atoms with Gasteiger partial charge in [-0.05, 0) is 37.3 Å². The van der Waals surface area contributed by atoms with Gasteiger partial charge in [-0.15, -0.1) is 0 Å². The van der Waals surface area contributed by atoms with E-state index in [4.69, 9.17) is 27.9 Å². The number of rotatable bonds is 3. The lowest BCUT2D eigenvalue weighted by Crippen LogP contribution is -1.98. The first kappa shape index (κ1) is 13.1. The van der Waals surface area contributed by atoms with E-state index in [-0.39, 0.29) is 0 Å². The van der Waals surface area contributed by atoms with Crippen LogP contribution in [0.15, 0.2) is 36.5 Å². The number of aromatic nitrogens is 1. The van der Waals surface area contributed by atoms with E-state index in [0.29, 0.717) is 27.2 Å². The topological polar surface area (TPSA) is 42.4 Å². The summed E-state index contributed by atoms with van der Waals surface area (Å²) in [5.41, 5.74) is 0.600. The van der Waals surface area contributed by atoms with Gasteiger partial charge >= 0.3 is 0 Å². The average Bonchev–Trinajstić information content (AvgIpc) is 2.33. The molecule has 0 aliphatic carbocycles. The zero-order valence-electron chi connectivity index (χ0n) is 9.60. The van der Waals surface area contributed by atoms with Gasteiger partial charge < -0.3 is 9.84 Å². The Bertz CT molecular complexity index is 558. The molecule has 2 rings (SSSR count). The number of halogens is 2. The van der Waals surface area contributed by atoms with Crippen molar-refractivity contribution in [3.63, 3.8) is 0 Å². The fourth-order valence-corrected chi connectivity index (χ4v) is 1.92. The summed E-state index contributed by atoms with van der Waals surface area (Å²) in [6.45, 7) is 1.65. The van der Waals surface area contributed by atoms with Crippen LogP contribution in [0, 0.1) is 0 Å². The molecule has 94 valence electrons. The first-order valence-corrected chi connectivity index (χ1v) is 6.09. The number of ether oxygens (including phenoxy) is 1. The molecule has 3 nitrogen and oxygen atoms in total. The zero-order chi connectivity index (χ0) is 13.1. The molecule has 0 radical (unpaired) electrons. The van der Waals surface area contributed by atoms with Crippen molar-refractivity contribution in [3.8, 4) is 11.6 Å². The van der Waals surface area contributed by atoms with Crippen molar-refractivity contribution in [2.75, 3.05) is 0 Å². The molecular formula is C13H11Cl2NO2. The molecule has 1 heterocycles. The maximum absolute atomic E-state index is 9.62. The Morgan fingerprint density at radius 3 is 2.72 bits per heavy atom. The molecule has 0 fully saturated rings. The van der Waals surface area contributed by atoms with Crippen molar-refractivity contribution in [2.45, 2.75) is 13.0 Å². The Labute approximate surface area is 115 Å². The van der Waals surface area contributed by atoms with Gasteiger partial charge in [0.15, 0.2) is 0 Å². The first-order chi connectivity index (χ1) is 8.58. The summed E-state index contributed by atoms with van der Waals surface area (Å²) in [6.07, 6.45) is 0.921. The van der Waals surface area contributed by atoms with Crippen LogP contribution in [-0.2, 0) is 0 Å². The van der Waals surface area contributed by atoms with E-state index in [1.807, 2.05) is 0 Å². The molecule has 2 aromatic rings. The van der Waals surface area contributed by atoms with Gasteiger partial charge in [-0.25, -0.2) is 4.98 Å². The fraction of sp³-hybridized carbons (Fsp3) is 0.154. The zero-order valence-corrected chi connectivity index (χ0v) is 11.1. The number of hydrogen-bond acceptors (Lipinski definition) is 3. The molecule has 0 aliphatic heterocycles. The quantitative estimate of drug-likeness (QED) is 0.916. The molecule has 5 heteroatoms. The van der Waals surface area contributed by atoms with Crippen molar-refractivity contribution in [1.82, 2.24) is 4.98 Å². The molecule has 0 saturated carbocycles. The summed E-state index contributed by atoms with van der Waals surface area (Å²) in [6, 6.07) is 8.40. The van der Waals surface area contributed by atoms with Gasteiger partial charge in [-0.1, -0.05) is 23.2 Å². The summed E-state index contributed by atoms with van der Waals surface area (Å²) in [7, 11) is 0. The highest BCUT2D eigenvalue weighted by Gasteiger charge is 2.12. The molecule has 18 heavy (non-hydrogen) atoms. The third kappa shape index (κ3) is 2.93. The van der Waals surface area contributed by atoms with Crippen molar-refractivity contribution in [2.24, 2.45) is 0 Å². The van der Waals surface area contributed by atoms with Gasteiger partial charge in [0, 0.05) is 16.8 Å². The predicted octanol–water partition coefficient (Wildman–Crippen LogP) is 4.23. The van der Waals surface area contributed by atoms with Gasteiger partial charge in [0.05, 0.1) is 11.1 Å². The maximum atomic E-state index is 9.62. The number of aliphatic hydroxyl groups is 1. The lowest BCUT2D eigenvalue weighted by Gasteiger charge is -2.12. The van der Waals surface area contributed by atoms with Crippen LogP contribution in [0.2, 0.25) is 10.0 Å². The molecule has 0 spiro atoms. The second-order valence-electron chi connectivity index (χ2n) is 3.75. The van der Waals surface area contributed by atoms with E-state index in [9.17, 15) is 5.11 Å². The third-order valence-electron chi connectivity index (χ3n) is 2.35. The van der Waals surface area contributed by atoms with Crippen molar-refractivity contribution >= 4 is 23.2 Å². The number of pyridine rings is 1. The van der Waals surface area contributed by atoms with E-state index in [2.05, 4.69) is 4.98 Å². The Hall–Kier alpha value is -1.29. The molecule has 1 N–H and O–H groups in total. The largest absolute Gasteiger partial charge is 0.437 e. The molecule has 0 aliphatic rings. The van der Waals surface area contributed by atoms with Gasteiger partial charge in [0.2, 0.25) is 5.88 Å². The van der Waals surface area contributed by atoms with Crippen molar-refractivity contribution < 1.29 is 9.84 Å². The highest BCUT2D eigenvalue weighted by Crippen LogP contribution is 2.33. The predicted molar refractivity (Wildman–Crippen MR) is 71.4 cm³/mol. The first-order valence-electron chi connectivity index (χ1n) is 5.34. The van der Waals surface area contributed by atoms with Crippen LogP contribution in [-0.4, -0.2) is 10.1 Å². The summed E-state index contributed by atoms with van der Waals surface area (Å²) in [5, 5.41) is 10.5. The minimum atomic E-state index is -0.667. The molecule has 1 atom stereocenters. The van der Waals surface area contributed by atoms with Crippen LogP contribution in [0.4, 0.5) is 0 Å². The van der Waals surface area contributed by atoms with Gasteiger partial charge in [-0.3, -0.25) is 0 Å². The van der Waals surface area contributed by atoms with Crippen LogP contribution >= 0.6 is 23.2 Å². The fourth-order valence-electron chi connectivity index (χ4n) is 1.47. The SMILES string of the molecule is C[C@H](O)c1cccnc1Oc1ccc(Cl)cc1Cl. The highest BCUT2D eigenvalue weighted by molar-refractivity contribution is 6.35. The summed E-state index contributed by atoms with van der Waals surface area (Å²) >= 11 is 11.8. The van der Waals surface area contributed by atoms with Crippen LogP contribution < -0.4 is 4.74 Å². The van der Waals surface area contributed by atoms with Gasteiger partial charge in [-0.2, -0.15) is 0 Å². The smallest absolute Gasteiger partial charge is 0.225 e. The second kappa shape index (κ2) is 5.57. The number of aliphatic hydroxyl groups excluding tert-OH is 1. The summed E-state index contributed by atoms with van der Waals surface area (Å²) in [4.78, 5) is 4.08. The second-order valence-corrected chi connectivity index (χ2v) is 4.59. The van der Waals surface area contributed by atoms with E-state index < -0.39 is 6.10 Å². The van der Waals surface area contributed by atoms with E-state index >= 15 is 0 Å². The number of nitrogens with zero attached hydrogens (tertiary/aromatic N) is 1. The number of benzene rings is 1. The lowest BCUT2D eigenvalue weighted by atomic mass is 10.2.